The van der Waals surface area contributed by atoms with Crippen LogP contribution in [-0.4, -0.2) is 20.3 Å². The number of pyridine rings is 1. The molecule has 6 heteroatoms. The minimum Gasteiger partial charge on any atom is -0.306 e. The summed E-state index contributed by atoms with van der Waals surface area (Å²) in [4.78, 5) is 20.6. The highest BCUT2D eigenvalue weighted by Gasteiger charge is 2.09. The number of anilines is 1. The van der Waals surface area contributed by atoms with E-state index in [2.05, 4.69) is 15.3 Å². The quantitative estimate of drug-likeness (QED) is 0.780. The maximum atomic E-state index is 12.1. The van der Waals surface area contributed by atoms with Crippen LogP contribution in [0.3, 0.4) is 0 Å². The molecule has 0 aliphatic carbocycles. The van der Waals surface area contributed by atoms with Gasteiger partial charge in [0.1, 0.15) is 5.65 Å². The third-order valence-corrected chi connectivity index (χ3v) is 3.55. The summed E-state index contributed by atoms with van der Waals surface area (Å²) in [6.45, 7) is 3.82. The van der Waals surface area contributed by atoms with Crippen LogP contribution in [0.1, 0.15) is 21.7 Å². The van der Waals surface area contributed by atoms with Crippen LogP contribution < -0.4 is 5.32 Å². The molecule has 3 aromatic heterocycles. The van der Waals surface area contributed by atoms with Gasteiger partial charge in [-0.05, 0) is 26.0 Å². The molecule has 1 amide bonds. The maximum Gasteiger partial charge on any atom is 0.258 e. The minimum atomic E-state index is -0.164. The van der Waals surface area contributed by atoms with E-state index in [1.54, 1.807) is 12.3 Å². The van der Waals surface area contributed by atoms with Gasteiger partial charge in [0.2, 0.25) is 0 Å². The molecule has 96 valence electrons. The molecule has 0 aromatic carbocycles. The molecule has 3 rings (SSSR count). The van der Waals surface area contributed by atoms with Crippen molar-refractivity contribution in [3.05, 3.63) is 46.9 Å². The zero-order valence-corrected chi connectivity index (χ0v) is 11.4. The number of thiazole rings is 1. The van der Waals surface area contributed by atoms with E-state index in [9.17, 15) is 4.79 Å². The highest BCUT2D eigenvalue weighted by Crippen LogP contribution is 2.16. The number of carbonyl (C=O) groups excluding carboxylic acids is 1. The minimum absolute atomic E-state index is 0.164. The number of hydrogen-bond donors (Lipinski definition) is 1. The van der Waals surface area contributed by atoms with Crippen LogP contribution in [0.2, 0.25) is 0 Å². The molecule has 0 aliphatic rings. The van der Waals surface area contributed by atoms with Crippen LogP contribution in [0.5, 0.6) is 0 Å². The lowest BCUT2D eigenvalue weighted by Gasteiger charge is -2.02. The Kier molecular flexibility index (Phi) is 2.79. The van der Waals surface area contributed by atoms with Gasteiger partial charge in [0, 0.05) is 17.8 Å². The number of nitrogens with one attached hydrogen (secondary N) is 1. The van der Waals surface area contributed by atoms with Gasteiger partial charge >= 0.3 is 0 Å². The number of aromatic nitrogens is 3. The Balaban J connectivity index is 1.88. The molecule has 0 atom stereocenters. The highest BCUT2D eigenvalue weighted by molar-refractivity contribution is 7.13. The van der Waals surface area contributed by atoms with Crippen molar-refractivity contribution in [3.63, 3.8) is 0 Å². The van der Waals surface area contributed by atoms with E-state index in [1.807, 2.05) is 35.9 Å². The fraction of sp³-hybridized carbons (Fsp3) is 0.154. The number of imidazole rings is 1. The Morgan fingerprint density at radius 2 is 2.05 bits per heavy atom. The second kappa shape index (κ2) is 4.47. The van der Waals surface area contributed by atoms with Crippen molar-refractivity contribution in [2.45, 2.75) is 13.8 Å². The van der Waals surface area contributed by atoms with Crippen molar-refractivity contribution >= 4 is 28.0 Å². The molecule has 0 saturated heterocycles. The average Bonchev–Trinajstić information content (AvgIpc) is 2.93. The van der Waals surface area contributed by atoms with Gasteiger partial charge in [-0.1, -0.05) is 0 Å². The van der Waals surface area contributed by atoms with Gasteiger partial charge in [0.05, 0.1) is 17.0 Å². The second-order valence-corrected chi connectivity index (χ2v) is 5.17. The van der Waals surface area contributed by atoms with Crippen molar-refractivity contribution in [3.8, 4) is 0 Å². The average molecular weight is 272 g/mol. The van der Waals surface area contributed by atoms with Gasteiger partial charge in [-0.15, -0.1) is 11.3 Å². The first-order valence-electron chi connectivity index (χ1n) is 5.81. The fourth-order valence-corrected chi connectivity index (χ4v) is 2.52. The van der Waals surface area contributed by atoms with Crippen LogP contribution in [0.15, 0.2) is 29.9 Å². The zero-order valence-electron chi connectivity index (χ0n) is 10.5. The molecule has 5 nitrogen and oxygen atoms in total. The molecule has 0 aliphatic heterocycles. The van der Waals surface area contributed by atoms with Crippen LogP contribution in [0.25, 0.3) is 5.65 Å². The van der Waals surface area contributed by atoms with E-state index in [0.29, 0.717) is 10.7 Å². The topological polar surface area (TPSA) is 59.3 Å². The van der Waals surface area contributed by atoms with Crippen LogP contribution in [0.4, 0.5) is 5.13 Å². The predicted octanol–water partition coefficient (Wildman–Crippen LogP) is 2.66. The van der Waals surface area contributed by atoms with E-state index in [0.717, 1.165) is 17.0 Å². The van der Waals surface area contributed by atoms with Gasteiger partial charge < -0.3 is 4.40 Å². The summed E-state index contributed by atoms with van der Waals surface area (Å²) in [6.07, 6.45) is 3.66. The summed E-state index contributed by atoms with van der Waals surface area (Å²) in [6, 6.07) is 3.59. The number of rotatable bonds is 2. The summed E-state index contributed by atoms with van der Waals surface area (Å²) in [7, 11) is 0. The van der Waals surface area contributed by atoms with Crippen LogP contribution >= 0.6 is 11.3 Å². The van der Waals surface area contributed by atoms with E-state index >= 15 is 0 Å². The van der Waals surface area contributed by atoms with Crippen molar-refractivity contribution in [1.82, 2.24) is 14.4 Å². The van der Waals surface area contributed by atoms with E-state index < -0.39 is 0 Å². The Hall–Kier alpha value is -2.21. The van der Waals surface area contributed by atoms with Gasteiger partial charge in [-0.2, -0.15) is 0 Å². The van der Waals surface area contributed by atoms with Crippen molar-refractivity contribution < 1.29 is 4.79 Å². The Bertz CT molecular complexity index is 759. The predicted molar refractivity (Wildman–Crippen MR) is 74.7 cm³/mol. The third kappa shape index (κ3) is 2.34. The van der Waals surface area contributed by atoms with Gasteiger partial charge in [-0.25, -0.2) is 9.97 Å². The van der Waals surface area contributed by atoms with Crippen LogP contribution in [-0.2, 0) is 0 Å². The molecular weight excluding hydrogens is 260 g/mol. The Morgan fingerprint density at radius 1 is 1.21 bits per heavy atom. The van der Waals surface area contributed by atoms with Crippen molar-refractivity contribution in [2.24, 2.45) is 0 Å². The molecule has 1 N–H and O–H groups in total. The third-order valence-electron chi connectivity index (χ3n) is 2.67. The summed E-state index contributed by atoms with van der Waals surface area (Å²) < 4.78 is 1.84. The lowest BCUT2D eigenvalue weighted by molar-refractivity contribution is 0.102. The van der Waals surface area contributed by atoms with Crippen molar-refractivity contribution in [1.29, 1.82) is 0 Å². The maximum absolute atomic E-state index is 12.1. The molecular formula is C13H12N4OS. The smallest absolute Gasteiger partial charge is 0.258 e. The first-order valence-corrected chi connectivity index (χ1v) is 6.68. The number of amides is 1. The molecule has 3 aromatic rings. The summed E-state index contributed by atoms with van der Waals surface area (Å²) in [5, 5.41) is 5.30. The van der Waals surface area contributed by atoms with Crippen molar-refractivity contribution in [2.75, 3.05) is 5.32 Å². The van der Waals surface area contributed by atoms with Crippen LogP contribution in [0, 0.1) is 13.8 Å². The molecule has 19 heavy (non-hydrogen) atoms. The first-order chi connectivity index (χ1) is 9.11. The van der Waals surface area contributed by atoms with E-state index in [4.69, 9.17) is 0 Å². The normalized spacial score (nSPS) is 10.8. The van der Waals surface area contributed by atoms with Gasteiger partial charge in [0.25, 0.3) is 5.91 Å². The number of hydrogen-bond acceptors (Lipinski definition) is 4. The Morgan fingerprint density at radius 3 is 2.79 bits per heavy atom. The van der Waals surface area contributed by atoms with E-state index in [1.165, 1.54) is 11.3 Å². The molecule has 0 unspecified atom stereocenters. The van der Waals surface area contributed by atoms with Gasteiger partial charge in [0.15, 0.2) is 5.13 Å². The SMILES string of the molecule is Cc1csc(NC(=O)c2ccc3nc(C)cn3c2)n1. The molecule has 3 heterocycles. The molecule has 0 bridgehead atoms. The van der Waals surface area contributed by atoms with Gasteiger partial charge in [-0.3, -0.25) is 10.1 Å². The summed E-state index contributed by atoms with van der Waals surface area (Å²) in [5.41, 5.74) is 3.24. The second-order valence-electron chi connectivity index (χ2n) is 4.31. The lowest BCUT2D eigenvalue weighted by atomic mass is 10.2. The first kappa shape index (κ1) is 11.9. The monoisotopic (exact) mass is 272 g/mol. The fourth-order valence-electron chi connectivity index (χ4n) is 1.83. The molecule has 0 saturated carbocycles. The number of fused-ring (bicyclic) bond motifs is 1. The standard InChI is InChI=1S/C13H12N4OS/c1-8-5-17-6-10(3-4-11(17)14-8)12(18)16-13-15-9(2)7-19-13/h3-7H,1-2H3,(H,15,16,18). The molecule has 0 fully saturated rings. The Labute approximate surface area is 113 Å². The highest BCUT2D eigenvalue weighted by atomic mass is 32.1. The molecule has 0 radical (unpaired) electrons. The zero-order chi connectivity index (χ0) is 13.4. The summed E-state index contributed by atoms with van der Waals surface area (Å²) >= 11 is 1.42. The molecule has 0 spiro atoms. The largest absolute Gasteiger partial charge is 0.306 e. The lowest BCUT2D eigenvalue weighted by Crippen LogP contribution is -2.12. The van der Waals surface area contributed by atoms with E-state index in [-0.39, 0.29) is 5.91 Å². The summed E-state index contributed by atoms with van der Waals surface area (Å²) in [5.74, 6) is -0.164. The number of nitrogens with zero attached hydrogens (tertiary/aromatic N) is 3. The number of carbonyl (C=O) groups is 1. The number of aryl methyl sites for hydroxylation is 2.